The van der Waals surface area contributed by atoms with Gasteiger partial charge in [0.15, 0.2) is 11.6 Å². The molecule has 0 bridgehead atoms. The minimum absolute atomic E-state index is 0.0278. The van der Waals surface area contributed by atoms with Gasteiger partial charge in [0.1, 0.15) is 6.10 Å². The van der Waals surface area contributed by atoms with Crippen LogP contribution in [0.4, 0.5) is 4.39 Å². The molecule has 0 atom stereocenters. The Morgan fingerprint density at radius 3 is 2.82 bits per heavy atom. The highest BCUT2D eigenvalue weighted by Gasteiger charge is 2.17. The van der Waals surface area contributed by atoms with E-state index in [4.69, 9.17) is 14.7 Å². The third-order valence-electron chi connectivity index (χ3n) is 2.74. The van der Waals surface area contributed by atoms with Gasteiger partial charge in [0.05, 0.1) is 25.7 Å². The van der Waals surface area contributed by atoms with E-state index < -0.39 is 5.82 Å². The molecule has 0 amide bonds. The lowest BCUT2D eigenvalue weighted by molar-refractivity contribution is 0.0240. The van der Waals surface area contributed by atoms with E-state index in [0.29, 0.717) is 18.8 Å². The first-order valence-corrected chi connectivity index (χ1v) is 5.69. The van der Waals surface area contributed by atoms with Gasteiger partial charge in [0.25, 0.3) is 0 Å². The Bertz CT molecular complexity index is 422. The van der Waals surface area contributed by atoms with Crippen LogP contribution in [0.15, 0.2) is 18.2 Å². The fraction of sp³-hybridized carbons (Fsp3) is 0.462. The molecule has 1 fully saturated rings. The molecule has 0 unspecified atom stereocenters. The Morgan fingerprint density at radius 2 is 2.18 bits per heavy atom. The Hall–Kier alpha value is -1.60. The van der Waals surface area contributed by atoms with Gasteiger partial charge in [-0.2, -0.15) is 5.26 Å². The highest BCUT2D eigenvalue weighted by molar-refractivity contribution is 5.30. The largest absolute Gasteiger partial charge is 0.487 e. The van der Waals surface area contributed by atoms with Crippen molar-refractivity contribution in [1.82, 2.24) is 0 Å². The highest BCUT2D eigenvalue weighted by atomic mass is 19.1. The predicted octanol–water partition coefficient (Wildman–Crippen LogP) is 2.45. The molecule has 0 saturated carbocycles. The van der Waals surface area contributed by atoms with Crippen LogP contribution in [0, 0.1) is 17.1 Å². The molecule has 3 nitrogen and oxygen atoms in total. The van der Waals surface area contributed by atoms with Gasteiger partial charge in [-0.05, 0) is 17.7 Å². The van der Waals surface area contributed by atoms with Crippen LogP contribution in [-0.4, -0.2) is 19.3 Å². The average molecular weight is 235 g/mol. The number of ether oxygens (including phenoxy) is 2. The molecule has 0 spiro atoms. The van der Waals surface area contributed by atoms with E-state index in [1.165, 1.54) is 6.07 Å². The van der Waals surface area contributed by atoms with Gasteiger partial charge in [-0.3, -0.25) is 0 Å². The second kappa shape index (κ2) is 5.65. The van der Waals surface area contributed by atoms with Crippen molar-refractivity contribution in [3.8, 4) is 11.8 Å². The summed E-state index contributed by atoms with van der Waals surface area (Å²) in [5.74, 6) is -0.136. The molecular weight excluding hydrogens is 221 g/mol. The second-order valence-corrected chi connectivity index (χ2v) is 4.03. The Morgan fingerprint density at radius 1 is 1.41 bits per heavy atom. The Kier molecular flexibility index (Phi) is 3.94. The zero-order valence-corrected chi connectivity index (χ0v) is 9.49. The van der Waals surface area contributed by atoms with Crippen molar-refractivity contribution in [3.05, 3.63) is 29.6 Å². The lowest BCUT2D eigenvalue weighted by Gasteiger charge is -2.23. The minimum Gasteiger partial charge on any atom is -0.487 e. The summed E-state index contributed by atoms with van der Waals surface area (Å²) in [6.45, 7) is 1.33. The number of hydrogen-bond donors (Lipinski definition) is 0. The Labute approximate surface area is 99.8 Å². The van der Waals surface area contributed by atoms with E-state index in [-0.39, 0.29) is 18.3 Å². The fourth-order valence-corrected chi connectivity index (χ4v) is 1.81. The number of benzene rings is 1. The third kappa shape index (κ3) is 3.18. The minimum atomic E-state index is -0.399. The number of nitrogens with zero attached hydrogens (tertiary/aromatic N) is 1. The molecule has 0 aromatic heterocycles. The summed E-state index contributed by atoms with van der Waals surface area (Å²) < 4.78 is 24.5. The smallest absolute Gasteiger partial charge is 0.165 e. The van der Waals surface area contributed by atoms with Crippen LogP contribution in [-0.2, 0) is 11.2 Å². The fourth-order valence-electron chi connectivity index (χ4n) is 1.81. The maximum atomic E-state index is 13.7. The number of rotatable bonds is 3. The van der Waals surface area contributed by atoms with Crippen LogP contribution < -0.4 is 4.74 Å². The van der Waals surface area contributed by atoms with Crippen molar-refractivity contribution >= 4 is 0 Å². The second-order valence-electron chi connectivity index (χ2n) is 4.03. The molecule has 1 aromatic rings. The quantitative estimate of drug-likeness (QED) is 0.808. The number of hydrogen-bond acceptors (Lipinski definition) is 3. The van der Waals surface area contributed by atoms with Crippen LogP contribution in [0.5, 0.6) is 5.75 Å². The van der Waals surface area contributed by atoms with E-state index in [1.54, 1.807) is 12.1 Å². The van der Waals surface area contributed by atoms with Crippen molar-refractivity contribution in [2.24, 2.45) is 0 Å². The maximum absolute atomic E-state index is 13.7. The summed E-state index contributed by atoms with van der Waals surface area (Å²) in [5, 5.41) is 8.52. The first-order chi connectivity index (χ1) is 8.29. The molecule has 1 aliphatic rings. The van der Waals surface area contributed by atoms with Crippen molar-refractivity contribution in [2.75, 3.05) is 13.2 Å². The lowest BCUT2D eigenvalue weighted by atomic mass is 10.1. The van der Waals surface area contributed by atoms with Gasteiger partial charge >= 0.3 is 0 Å². The van der Waals surface area contributed by atoms with Gasteiger partial charge in [-0.1, -0.05) is 6.07 Å². The van der Waals surface area contributed by atoms with E-state index in [9.17, 15) is 4.39 Å². The van der Waals surface area contributed by atoms with Crippen molar-refractivity contribution in [3.63, 3.8) is 0 Å². The maximum Gasteiger partial charge on any atom is 0.165 e. The molecule has 90 valence electrons. The van der Waals surface area contributed by atoms with Crippen LogP contribution in [0.2, 0.25) is 0 Å². The summed E-state index contributed by atoms with van der Waals surface area (Å²) in [7, 11) is 0. The van der Waals surface area contributed by atoms with Gasteiger partial charge in [-0.15, -0.1) is 0 Å². The van der Waals surface area contributed by atoms with E-state index in [1.807, 2.05) is 6.07 Å². The SMILES string of the molecule is N#CCc1ccc(OC2CCOCC2)c(F)c1. The molecule has 1 heterocycles. The summed E-state index contributed by atoms with van der Waals surface area (Å²) in [4.78, 5) is 0. The van der Waals surface area contributed by atoms with Crippen molar-refractivity contribution in [1.29, 1.82) is 5.26 Å². The summed E-state index contributed by atoms with van der Waals surface area (Å²) >= 11 is 0. The van der Waals surface area contributed by atoms with E-state index in [0.717, 1.165) is 12.8 Å². The number of nitriles is 1. The molecular formula is C13H14FNO2. The topological polar surface area (TPSA) is 42.2 Å². The lowest BCUT2D eigenvalue weighted by Crippen LogP contribution is -2.26. The van der Waals surface area contributed by atoms with Crippen molar-refractivity contribution < 1.29 is 13.9 Å². The van der Waals surface area contributed by atoms with Crippen LogP contribution in [0.3, 0.4) is 0 Å². The molecule has 17 heavy (non-hydrogen) atoms. The molecule has 0 N–H and O–H groups in total. The molecule has 1 aromatic carbocycles. The third-order valence-corrected chi connectivity index (χ3v) is 2.74. The molecule has 1 aliphatic heterocycles. The summed E-state index contributed by atoms with van der Waals surface area (Å²) in [5.41, 5.74) is 0.671. The zero-order valence-electron chi connectivity index (χ0n) is 9.49. The standard InChI is InChI=1S/C13H14FNO2/c14-12-9-10(3-6-15)1-2-13(12)17-11-4-7-16-8-5-11/h1-2,9,11H,3-5,7-8H2. The summed E-state index contributed by atoms with van der Waals surface area (Å²) in [6, 6.07) is 6.66. The monoisotopic (exact) mass is 235 g/mol. The van der Waals surface area contributed by atoms with Crippen LogP contribution >= 0.6 is 0 Å². The molecule has 4 heteroatoms. The predicted molar refractivity (Wildman–Crippen MR) is 60.2 cm³/mol. The van der Waals surface area contributed by atoms with Gasteiger partial charge in [0, 0.05) is 12.8 Å². The summed E-state index contributed by atoms with van der Waals surface area (Å²) in [6.07, 6.45) is 1.83. The number of halogens is 1. The van der Waals surface area contributed by atoms with Crippen molar-refractivity contribution in [2.45, 2.75) is 25.4 Å². The van der Waals surface area contributed by atoms with E-state index >= 15 is 0 Å². The molecule has 1 saturated heterocycles. The van der Waals surface area contributed by atoms with Gasteiger partial charge < -0.3 is 9.47 Å². The zero-order chi connectivity index (χ0) is 12.1. The van der Waals surface area contributed by atoms with Gasteiger partial charge in [0.2, 0.25) is 0 Å². The normalized spacial score (nSPS) is 16.5. The first kappa shape index (κ1) is 11.9. The van der Waals surface area contributed by atoms with E-state index in [2.05, 4.69) is 0 Å². The van der Waals surface area contributed by atoms with Crippen LogP contribution in [0.25, 0.3) is 0 Å². The van der Waals surface area contributed by atoms with Gasteiger partial charge in [-0.25, -0.2) is 4.39 Å². The average Bonchev–Trinajstić information content (AvgIpc) is 2.34. The van der Waals surface area contributed by atoms with Crippen LogP contribution in [0.1, 0.15) is 18.4 Å². The highest BCUT2D eigenvalue weighted by Crippen LogP contribution is 2.22. The first-order valence-electron chi connectivity index (χ1n) is 5.69. The molecule has 2 rings (SSSR count). The molecule has 0 aliphatic carbocycles. The molecule has 0 radical (unpaired) electrons. The Balaban J connectivity index is 2.03.